The number of halogens is 1. The molecule has 0 aliphatic carbocycles. The lowest BCUT2D eigenvalue weighted by atomic mass is 10.0. The van der Waals surface area contributed by atoms with Crippen molar-refractivity contribution in [2.45, 2.75) is 24.8 Å². The van der Waals surface area contributed by atoms with Gasteiger partial charge in [0, 0.05) is 5.56 Å². The summed E-state index contributed by atoms with van der Waals surface area (Å²) >= 11 is 6.09. The topological polar surface area (TPSA) is 55.4 Å². The van der Waals surface area contributed by atoms with Gasteiger partial charge in [-0.3, -0.25) is 4.79 Å². The number of carbonyl (C=O) groups excluding carboxylic acids is 2. The van der Waals surface area contributed by atoms with E-state index in [4.69, 9.17) is 11.6 Å². The van der Waals surface area contributed by atoms with Crippen LogP contribution in [0.2, 0.25) is 0 Å². The summed E-state index contributed by atoms with van der Waals surface area (Å²) in [6.45, 7) is 3.28. The van der Waals surface area contributed by atoms with E-state index in [0.717, 1.165) is 0 Å². The summed E-state index contributed by atoms with van der Waals surface area (Å²) in [5, 5.41) is 2.58. The molecule has 0 bridgehead atoms. The number of methoxy groups -OCH3 is 1. The maximum Gasteiger partial charge on any atom is 0.330 e. The normalized spacial score (nSPS) is 12.7. The van der Waals surface area contributed by atoms with Gasteiger partial charge >= 0.3 is 5.97 Å². The largest absolute Gasteiger partial charge is 0.467 e. The average Bonchev–Trinajstić information content (AvgIpc) is 2.34. The summed E-state index contributed by atoms with van der Waals surface area (Å²) in [5.74, 6) is -0.931. The van der Waals surface area contributed by atoms with E-state index >= 15 is 0 Å². The minimum Gasteiger partial charge on any atom is -0.467 e. The average molecular weight is 270 g/mol. The van der Waals surface area contributed by atoms with Gasteiger partial charge in [0.1, 0.15) is 6.04 Å². The van der Waals surface area contributed by atoms with Crippen LogP contribution < -0.4 is 5.32 Å². The fourth-order valence-corrected chi connectivity index (χ4v) is 1.58. The molecule has 0 fully saturated rings. The first kappa shape index (κ1) is 14.5. The van der Waals surface area contributed by atoms with Crippen molar-refractivity contribution >= 4 is 23.5 Å². The van der Waals surface area contributed by atoms with Gasteiger partial charge in [0.15, 0.2) is 0 Å². The second-order valence-electron chi connectivity index (χ2n) is 4.36. The zero-order valence-electron chi connectivity index (χ0n) is 10.6. The Morgan fingerprint density at radius 2 is 1.83 bits per heavy atom. The number of esters is 1. The summed E-state index contributed by atoms with van der Waals surface area (Å²) < 4.78 is 4.64. The molecule has 0 spiro atoms. The van der Waals surface area contributed by atoms with Crippen LogP contribution in [-0.2, 0) is 9.53 Å². The zero-order chi connectivity index (χ0) is 13.8. The summed E-state index contributed by atoms with van der Waals surface area (Å²) in [6, 6.07) is 7.70. The minimum atomic E-state index is -0.933. The van der Waals surface area contributed by atoms with Crippen LogP contribution in [0.3, 0.4) is 0 Å². The Kier molecular flexibility index (Phi) is 4.73. The predicted molar refractivity (Wildman–Crippen MR) is 69.6 cm³/mol. The Morgan fingerprint density at radius 3 is 2.28 bits per heavy atom. The monoisotopic (exact) mass is 269 g/mol. The molecule has 4 nitrogen and oxygen atoms in total. The van der Waals surface area contributed by atoms with E-state index in [1.165, 1.54) is 7.11 Å². The van der Waals surface area contributed by atoms with Crippen LogP contribution in [0.25, 0.3) is 0 Å². The first-order chi connectivity index (χ1) is 8.36. The lowest BCUT2D eigenvalue weighted by Gasteiger charge is -2.26. The number of rotatable bonds is 4. The molecule has 0 radical (unpaired) electrons. The smallest absolute Gasteiger partial charge is 0.330 e. The van der Waals surface area contributed by atoms with Gasteiger partial charge in [-0.05, 0) is 26.0 Å². The van der Waals surface area contributed by atoms with E-state index in [1.807, 2.05) is 0 Å². The van der Waals surface area contributed by atoms with Crippen molar-refractivity contribution in [3.8, 4) is 0 Å². The molecule has 98 valence electrons. The minimum absolute atomic E-state index is 0.361. The van der Waals surface area contributed by atoms with Crippen molar-refractivity contribution in [1.29, 1.82) is 0 Å². The van der Waals surface area contributed by atoms with Crippen molar-refractivity contribution in [1.82, 2.24) is 5.32 Å². The molecule has 0 aromatic heterocycles. The third-order valence-corrected chi connectivity index (χ3v) is 2.65. The standard InChI is InChI=1S/C13H16ClNO3/c1-13(2,14)10(12(17)18-3)15-11(16)9-7-5-4-6-8-9/h4-8,10H,1-3H3,(H,15,16)/t10-/m1/s1. The van der Waals surface area contributed by atoms with Crippen LogP contribution in [0.5, 0.6) is 0 Å². The molecule has 1 aromatic rings. The number of nitrogens with one attached hydrogen (secondary N) is 1. The van der Waals surface area contributed by atoms with Crippen LogP contribution in [-0.4, -0.2) is 29.9 Å². The lowest BCUT2D eigenvalue weighted by Crippen LogP contribution is -2.51. The third-order valence-electron chi connectivity index (χ3n) is 2.43. The highest BCUT2D eigenvalue weighted by Gasteiger charge is 2.35. The molecule has 0 heterocycles. The summed E-state index contributed by atoms with van der Waals surface area (Å²) in [7, 11) is 1.26. The maximum atomic E-state index is 11.9. The number of hydrogen-bond donors (Lipinski definition) is 1. The van der Waals surface area contributed by atoms with Crippen molar-refractivity contribution in [3.63, 3.8) is 0 Å². The van der Waals surface area contributed by atoms with E-state index < -0.39 is 16.9 Å². The Labute approximate surface area is 111 Å². The molecule has 1 aromatic carbocycles. The Balaban J connectivity index is 2.86. The second-order valence-corrected chi connectivity index (χ2v) is 5.33. The maximum absolute atomic E-state index is 11.9. The molecular weight excluding hydrogens is 254 g/mol. The fourth-order valence-electron chi connectivity index (χ4n) is 1.43. The molecule has 1 N–H and O–H groups in total. The van der Waals surface area contributed by atoms with Crippen molar-refractivity contribution in [2.75, 3.05) is 7.11 Å². The summed E-state index contributed by atoms with van der Waals surface area (Å²) in [5.41, 5.74) is 0.465. The molecule has 18 heavy (non-hydrogen) atoms. The van der Waals surface area contributed by atoms with Crippen molar-refractivity contribution in [2.24, 2.45) is 0 Å². The highest BCUT2D eigenvalue weighted by molar-refractivity contribution is 6.25. The Morgan fingerprint density at radius 1 is 1.28 bits per heavy atom. The van der Waals surface area contributed by atoms with Crippen LogP contribution in [0, 0.1) is 0 Å². The highest BCUT2D eigenvalue weighted by atomic mass is 35.5. The van der Waals surface area contributed by atoms with E-state index in [-0.39, 0.29) is 5.91 Å². The second kappa shape index (κ2) is 5.87. The molecule has 5 heteroatoms. The van der Waals surface area contributed by atoms with Crippen LogP contribution >= 0.6 is 11.6 Å². The van der Waals surface area contributed by atoms with Crippen LogP contribution in [0.4, 0.5) is 0 Å². The molecule has 0 saturated carbocycles. The van der Waals surface area contributed by atoms with Gasteiger partial charge in [-0.25, -0.2) is 4.79 Å². The molecule has 0 saturated heterocycles. The summed E-state index contributed by atoms with van der Waals surface area (Å²) in [6.07, 6.45) is 0. The van der Waals surface area contributed by atoms with Gasteiger partial charge in [0.25, 0.3) is 5.91 Å². The quantitative estimate of drug-likeness (QED) is 0.672. The van der Waals surface area contributed by atoms with Crippen molar-refractivity contribution < 1.29 is 14.3 Å². The van der Waals surface area contributed by atoms with Gasteiger partial charge in [-0.1, -0.05) is 18.2 Å². The SMILES string of the molecule is COC(=O)[C@@H](NC(=O)c1ccccc1)C(C)(C)Cl. The molecule has 0 aliphatic rings. The molecule has 1 atom stereocenters. The number of amides is 1. The Bertz CT molecular complexity index is 426. The summed E-state index contributed by atoms with van der Waals surface area (Å²) in [4.78, 5) is 22.6. The molecule has 0 unspecified atom stereocenters. The number of hydrogen-bond acceptors (Lipinski definition) is 3. The lowest BCUT2D eigenvalue weighted by molar-refractivity contribution is -0.143. The highest BCUT2D eigenvalue weighted by Crippen LogP contribution is 2.19. The number of alkyl halides is 1. The Hall–Kier alpha value is -1.55. The first-order valence-corrected chi connectivity index (χ1v) is 5.86. The number of carbonyl (C=O) groups is 2. The fraction of sp³-hybridized carbons (Fsp3) is 0.385. The predicted octanol–water partition coefficient (Wildman–Crippen LogP) is 1.98. The van der Waals surface area contributed by atoms with E-state index in [1.54, 1.807) is 44.2 Å². The van der Waals surface area contributed by atoms with Gasteiger partial charge in [-0.2, -0.15) is 0 Å². The van der Waals surface area contributed by atoms with E-state index in [0.29, 0.717) is 5.56 Å². The van der Waals surface area contributed by atoms with Gasteiger partial charge in [0.05, 0.1) is 12.0 Å². The zero-order valence-corrected chi connectivity index (χ0v) is 11.3. The van der Waals surface area contributed by atoms with Crippen LogP contribution in [0.15, 0.2) is 30.3 Å². The molecule has 0 aliphatic heterocycles. The molecular formula is C13H16ClNO3. The van der Waals surface area contributed by atoms with E-state index in [9.17, 15) is 9.59 Å². The first-order valence-electron chi connectivity index (χ1n) is 5.49. The van der Waals surface area contributed by atoms with Gasteiger partial charge in [-0.15, -0.1) is 11.6 Å². The van der Waals surface area contributed by atoms with Crippen LogP contribution in [0.1, 0.15) is 24.2 Å². The van der Waals surface area contributed by atoms with Crippen molar-refractivity contribution in [3.05, 3.63) is 35.9 Å². The number of benzene rings is 1. The van der Waals surface area contributed by atoms with Gasteiger partial charge < -0.3 is 10.1 Å². The number of ether oxygens (including phenoxy) is 1. The molecule has 1 amide bonds. The van der Waals surface area contributed by atoms with E-state index in [2.05, 4.69) is 10.1 Å². The third kappa shape index (κ3) is 3.74. The van der Waals surface area contributed by atoms with Gasteiger partial charge in [0.2, 0.25) is 0 Å². The molecule has 1 rings (SSSR count).